The largest absolute Gasteiger partial charge is 0.497 e. The van der Waals surface area contributed by atoms with E-state index in [-0.39, 0.29) is 49.5 Å². The molecule has 37 heavy (non-hydrogen) atoms. The van der Waals surface area contributed by atoms with Crippen molar-refractivity contribution >= 4 is 27.5 Å². The Morgan fingerprint density at radius 1 is 1.05 bits per heavy atom. The van der Waals surface area contributed by atoms with E-state index in [0.29, 0.717) is 5.75 Å². The summed E-state index contributed by atoms with van der Waals surface area (Å²) < 4.78 is 57.8. The SMILES string of the molecule is CC[C@@H](C)NC(=O)[C@@H](C)N(Cc1ccc(OC)cc1)C(=O)CCCN(c1ccc(F)c(F)c1)S(C)(=O)=O. The summed E-state index contributed by atoms with van der Waals surface area (Å²) in [6.07, 6.45) is 1.72. The molecule has 2 rings (SSSR count). The molecule has 0 fully saturated rings. The number of halogens is 2. The quantitative estimate of drug-likeness (QED) is 0.417. The van der Waals surface area contributed by atoms with Gasteiger partial charge in [0.25, 0.3) is 0 Å². The number of sulfonamides is 1. The Kier molecular flexibility index (Phi) is 10.8. The smallest absolute Gasteiger partial charge is 0.242 e. The molecule has 11 heteroatoms. The minimum atomic E-state index is -3.82. The standard InChI is InChI=1S/C26H35F2N3O5S/c1-6-18(2)29-26(33)19(3)30(17-20-9-12-22(36-4)13-10-20)25(32)8-7-15-31(37(5,34)35)21-11-14-23(27)24(28)16-21/h9-14,16,18-19H,6-8,15,17H2,1-5H3,(H,29,33)/t18-,19-/m1/s1. The average Bonchev–Trinajstić information content (AvgIpc) is 2.85. The van der Waals surface area contributed by atoms with Crippen molar-refractivity contribution in [3.8, 4) is 5.75 Å². The summed E-state index contributed by atoms with van der Waals surface area (Å²) in [5.74, 6) is -2.25. The lowest BCUT2D eigenvalue weighted by Gasteiger charge is -2.30. The normalized spacial score (nSPS) is 12.9. The van der Waals surface area contributed by atoms with Crippen molar-refractivity contribution in [1.29, 1.82) is 0 Å². The highest BCUT2D eigenvalue weighted by molar-refractivity contribution is 7.92. The van der Waals surface area contributed by atoms with Gasteiger partial charge in [-0.05, 0) is 56.5 Å². The number of hydrogen-bond donors (Lipinski definition) is 1. The maximum Gasteiger partial charge on any atom is 0.242 e. The van der Waals surface area contributed by atoms with Gasteiger partial charge in [-0.15, -0.1) is 0 Å². The lowest BCUT2D eigenvalue weighted by atomic mass is 10.1. The lowest BCUT2D eigenvalue weighted by molar-refractivity contribution is -0.140. The van der Waals surface area contributed by atoms with Gasteiger partial charge in [-0.1, -0.05) is 19.1 Å². The zero-order valence-corrected chi connectivity index (χ0v) is 22.6. The number of benzene rings is 2. The number of hydrogen-bond acceptors (Lipinski definition) is 5. The summed E-state index contributed by atoms with van der Waals surface area (Å²) in [6, 6.07) is 9.09. The Balaban J connectivity index is 2.19. The average molecular weight is 540 g/mol. The van der Waals surface area contributed by atoms with E-state index in [1.165, 1.54) is 11.0 Å². The third-order valence-corrected chi connectivity index (χ3v) is 7.22. The van der Waals surface area contributed by atoms with Crippen LogP contribution in [0.5, 0.6) is 5.75 Å². The van der Waals surface area contributed by atoms with Gasteiger partial charge in [-0.2, -0.15) is 0 Å². The molecule has 204 valence electrons. The van der Waals surface area contributed by atoms with Gasteiger partial charge in [0.2, 0.25) is 21.8 Å². The summed E-state index contributed by atoms with van der Waals surface area (Å²) in [7, 11) is -2.28. The van der Waals surface area contributed by atoms with Crippen molar-refractivity contribution in [2.75, 3.05) is 24.2 Å². The van der Waals surface area contributed by atoms with Crippen LogP contribution in [0, 0.1) is 11.6 Å². The molecule has 0 saturated heterocycles. The van der Waals surface area contributed by atoms with Gasteiger partial charge in [0.15, 0.2) is 11.6 Å². The minimum Gasteiger partial charge on any atom is -0.497 e. The first-order valence-electron chi connectivity index (χ1n) is 12.0. The predicted octanol–water partition coefficient (Wildman–Crippen LogP) is 3.85. The zero-order valence-electron chi connectivity index (χ0n) is 21.8. The van der Waals surface area contributed by atoms with Crippen LogP contribution < -0.4 is 14.4 Å². The Hall–Kier alpha value is -3.21. The second-order valence-corrected chi connectivity index (χ2v) is 10.8. The highest BCUT2D eigenvalue weighted by Crippen LogP contribution is 2.22. The number of amides is 2. The fraction of sp³-hybridized carbons (Fsp3) is 0.462. The first kappa shape index (κ1) is 30.0. The van der Waals surface area contributed by atoms with Crippen LogP contribution in [0.2, 0.25) is 0 Å². The van der Waals surface area contributed by atoms with Crippen LogP contribution >= 0.6 is 0 Å². The monoisotopic (exact) mass is 539 g/mol. The maximum atomic E-state index is 13.7. The number of rotatable bonds is 13. The molecule has 0 unspecified atom stereocenters. The number of nitrogens with one attached hydrogen (secondary N) is 1. The number of nitrogens with zero attached hydrogens (tertiary/aromatic N) is 2. The molecule has 0 saturated carbocycles. The van der Waals surface area contributed by atoms with E-state index in [2.05, 4.69) is 5.32 Å². The Morgan fingerprint density at radius 3 is 2.24 bits per heavy atom. The van der Waals surface area contributed by atoms with Gasteiger partial charge in [-0.25, -0.2) is 17.2 Å². The molecule has 0 aromatic heterocycles. The molecule has 2 amide bonds. The number of carbonyl (C=O) groups excluding carboxylic acids is 2. The van der Waals surface area contributed by atoms with Gasteiger partial charge in [0.05, 0.1) is 19.1 Å². The van der Waals surface area contributed by atoms with Crippen molar-refractivity contribution < 1.29 is 31.5 Å². The first-order chi connectivity index (χ1) is 17.4. The number of carbonyl (C=O) groups is 2. The van der Waals surface area contributed by atoms with Gasteiger partial charge >= 0.3 is 0 Å². The first-order valence-corrected chi connectivity index (χ1v) is 13.9. The second-order valence-electron chi connectivity index (χ2n) is 8.90. The molecule has 0 aliphatic rings. The van der Waals surface area contributed by atoms with Gasteiger partial charge in [-0.3, -0.25) is 13.9 Å². The zero-order chi connectivity index (χ0) is 27.8. The van der Waals surface area contributed by atoms with Crippen molar-refractivity contribution in [3.63, 3.8) is 0 Å². The van der Waals surface area contributed by atoms with E-state index in [4.69, 9.17) is 4.74 Å². The van der Waals surface area contributed by atoms with Crippen LogP contribution in [-0.2, 0) is 26.2 Å². The number of methoxy groups -OCH3 is 1. The van der Waals surface area contributed by atoms with Gasteiger partial charge in [0.1, 0.15) is 11.8 Å². The molecule has 2 aromatic rings. The van der Waals surface area contributed by atoms with Crippen molar-refractivity contribution in [1.82, 2.24) is 10.2 Å². The maximum absolute atomic E-state index is 13.7. The predicted molar refractivity (Wildman–Crippen MR) is 139 cm³/mol. The molecule has 0 bridgehead atoms. The van der Waals surface area contributed by atoms with E-state index in [1.54, 1.807) is 38.3 Å². The molecule has 0 heterocycles. The second kappa shape index (κ2) is 13.4. The van der Waals surface area contributed by atoms with E-state index in [1.807, 2.05) is 13.8 Å². The van der Waals surface area contributed by atoms with Crippen molar-refractivity contribution in [2.45, 2.75) is 58.7 Å². The third-order valence-electron chi connectivity index (χ3n) is 6.02. The topological polar surface area (TPSA) is 96.0 Å². The van der Waals surface area contributed by atoms with Crippen molar-refractivity contribution in [2.24, 2.45) is 0 Å². The highest BCUT2D eigenvalue weighted by atomic mass is 32.2. The van der Waals surface area contributed by atoms with Crippen LogP contribution in [-0.4, -0.2) is 57.1 Å². The van der Waals surface area contributed by atoms with E-state index < -0.39 is 27.7 Å². The molecular weight excluding hydrogens is 504 g/mol. The molecule has 0 aliphatic heterocycles. The summed E-state index contributed by atoms with van der Waals surface area (Å²) in [6.45, 7) is 5.49. The summed E-state index contributed by atoms with van der Waals surface area (Å²) in [5, 5.41) is 2.89. The van der Waals surface area contributed by atoms with Crippen molar-refractivity contribution in [3.05, 3.63) is 59.7 Å². The minimum absolute atomic E-state index is 0.0368. The van der Waals surface area contributed by atoms with E-state index >= 15 is 0 Å². The third kappa shape index (κ3) is 8.70. The van der Waals surface area contributed by atoms with Crippen LogP contribution in [0.3, 0.4) is 0 Å². The van der Waals surface area contributed by atoms with Crippen LogP contribution in [0.4, 0.5) is 14.5 Å². The van der Waals surface area contributed by atoms with Gasteiger partial charge < -0.3 is 15.0 Å². The van der Waals surface area contributed by atoms with Crippen LogP contribution in [0.15, 0.2) is 42.5 Å². The fourth-order valence-corrected chi connectivity index (χ4v) is 4.58. The molecule has 0 spiro atoms. The van der Waals surface area contributed by atoms with Crippen LogP contribution in [0.25, 0.3) is 0 Å². The van der Waals surface area contributed by atoms with E-state index in [9.17, 15) is 26.8 Å². The summed E-state index contributed by atoms with van der Waals surface area (Å²) in [4.78, 5) is 27.6. The molecule has 1 N–H and O–H groups in total. The number of ether oxygens (including phenoxy) is 1. The Bertz CT molecular complexity index is 1180. The van der Waals surface area contributed by atoms with Gasteiger partial charge in [0, 0.05) is 31.6 Å². The highest BCUT2D eigenvalue weighted by Gasteiger charge is 2.27. The lowest BCUT2D eigenvalue weighted by Crippen LogP contribution is -2.49. The molecule has 8 nitrogen and oxygen atoms in total. The molecular formula is C26H35F2N3O5S. The Morgan fingerprint density at radius 2 is 1.70 bits per heavy atom. The number of anilines is 1. The molecule has 0 aliphatic carbocycles. The van der Waals surface area contributed by atoms with Crippen LogP contribution in [0.1, 0.15) is 45.6 Å². The molecule has 2 atom stereocenters. The fourth-order valence-electron chi connectivity index (χ4n) is 3.62. The van der Waals surface area contributed by atoms with E-state index in [0.717, 1.165) is 34.7 Å². The Labute approximate surface area is 217 Å². The summed E-state index contributed by atoms with van der Waals surface area (Å²) in [5.41, 5.74) is 0.752. The molecule has 0 radical (unpaired) electrons. The molecule has 2 aromatic carbocycles. The summed E-state index contributed by atoms with van der Waals surface area (Å²) >= 11 is 0.